The zero-order chi connectivity index (χ0) is 22.3. The Morgan fingerprint density at radius 1 is 1.00 bits per heavy atom. The van der Waals surface area contributed by atoms with Gasteiger partial charge >= 0.3 is 14.2 Å². The van der Waals surface area contributed by atoms with Crippen LogP contribution in [-0.2, 0) is 42.9 Å². The number of nitrogens with two attached hydrogens (primary N) is 1. The minimum absolute atomic E-state index is 0.114. The average Bonchev–Trinajstić information content (AvgIpc) is 2.84. The quantitative estimate of drug-likeness (QED) is 0.324. The maximum absolute atomic E-state index is 12.7. The molecule has 0 saturated heterocycles. The Balaban J connectivity index is 2.24. The van der Waals surface area contributed by atoms with Gasteiger partial charge in [0, 0.05) is 12.7 Å². The van der Waals surface area contributed by atoms with Gasteiger partial charge in [0.1, 0.15) is 0 Å². The van der Waals surface area contributed by atoms with E-state index < -0.39 is 14.2 Å². The second-order valence-corrected chi connectivity index (χ2v) is 7.65. The van der Waals surface area contributed by atoms with Crippen LogP contribution in [0.4, 0.5) is 5.69 Å². The first-order valence-electron chi connectivity index (χ1n) is 10.3. The molecule has 2 aliphatic carbocycles. The van der Waals surface area contributed by atoms with Gasteiger partial charge in [-0.2, -0.15) is 4.84 Å². The van der Waals surface area contributed by atoms with E-state index in [1.165, 1.54) is 7.05 Å². The molecule has 0 saturated carbocycles. The number of rotatable bonds is 11. The fourth-order valence-corrected chi connectivity index (χ4v) is 4.14. The van der Waals surface area contributed by atoms with Crippen molar-refractivity contribution in [3.8, 4) is 11.1 Å². The molecular weight excluding hydrogens is 403 g/mol. The number of carbonyl (C=O) groups excluding carboxylic acids is 1. The lowest BCUT2D eigenvalue weighted by molar-refractivity contribution is -0.383. The lowest BCUT2D eigenvalue weighted by Gasteiger charge is -2.24. The van der Waals surface area contributed by atoms with Gasteiger partial charge in [0.25, 0.3) is 5.91 Å². The van der Waals surface area contributed by atoms with Crippen LogP contribution in [-0.4, -0.2) is 36.9 Å². The fraction of sp³-hybridized carbons (Fsp3) is 0.500. The normalized spacial score (nSPS) is 11.9. The van der Waals surface area contributed by atoms with E-state index in [2.05, 4.69) is 13.8 Å². The number of likely N-dealkylation sites (N-methyl/N-ethyl adjacent to an activating group) is 1. The third-order valence-corrected chi connectivity index (χ3v) is 5.61. The molecule has 0 bridgehead atoms. The number of anilines is 1. The first kappa shape index (κ1) is 24.2. The van der Waals surface area contributed by atoms with Crippen molar-refractivity contribution in [1.82, 2.24) is 5.06 Å². The summed E-state index contributed by atoms with van der Waals surface area (Å²) in [6, 6.07) is 7.91. The first-order valence-corrected chi connectivity index (χ1v) is 11.2. The van der Waals surface area contributed by atoms with E-state index in [1.807, 2.05) is 24.3 Å². The van der Waals surface area contributed by atoms with E-state index in [9.17, 15) is 9.36 Å². The molecule has 7 nitrogen and oxygen atoms in total. The van der Waals surface area contributed by atoms with Crippen molar-refractivity contribution in [1.29, 1.82) is 0 Å². The van der Waals surface area contributed by atoms with Crippen LogP contribution >= 0.6 is 8.46 Å². The van der Waals surface area contributed by atoms with Crippen LogP contribution < -0.4 is 5.73 Å². The molecular formula is C22H32N2O5P+. The molecule has 1 atom stereocenters. The second kappa shape index (κ2) is 10.8. The summed E-state index contributed by atoms with van der Waals surface area (Å²) in [5.74, 6) is -0.311. The maximum Gasteiger partial charge on any atom is 0.516 e. The molecule has 0 aromatic heterocycles. The number of amides is 1. The number of nitrogens with zero attached hydrogens (tertiary/aromatic N) is 1. The van der Waals surface area contributed by atoms with Crippen LogP contribution in [0.5, 0.6) is 0 Å². The zero-order valence-corrected chi connectivity index (χ0v) is 19.4. The van der Waals surface area contributed by atoms with Crippen LogP contribution in [0.3, 0.4) is 0 Å². The highest BCUT2D eigenvalue weighted by Crippen LogP contribution is 2.39. The van der Waals surface area contributed by atoms with E-state index in [-0.39, 0.29) is 25.5 Å². The van der Waals surface area contributed by atoms with Gasteiger partial charge in [-0.15, -0.1) is 0 Å². The summed E-state index contributed by atoms with van der Waals surface area (Å²) in [6.45, 7) is 8.10. The molecule has 0 aliphatic heterocycles. The standard InChI is InChI=1S/C22H31N2O5P/c1-6-16-18-12-10-15(11-13-19(18)17(7-2)21(16)23)14-20(25)24(5)29-22(30-26,27-8-3)28-9-4/h10-13H,6-9,14,23H2,1-5H3/p+1. The molecule has 0 fully saturated rings. The molecule has 8 heteroatoms. The first-order chi connectivity index (χ1) is 14.4. The molecule has 2 N–H and O–H groups in total. The summed E-state index contributed by atoms with van der Waals surface area (Å²) < 4.78 is 22.4. The number of fused-ring (bicyclic) bond motifs is 1. The highest BCUT2D eigenvalue weighted by Gasteiger charge is 2.46. The Hall–Kier alpha value is -2.05. The Morgan fingerprint density at radius 2 is 1.50 bits per heavy atom. The second-order valence-electron chi connectivity index (χ2n) is 6.83. The summed E-state index contributed by atoms with van der Waals surface area (Å²) >= 11 is 0. The van der Waals surface area contributed by atoms with Crippen LogP contribution in [0.2, 0.25) is 0 Å². The van der Waals surface area contributed by atoms with E-state index in [0.717, 1.165) is 51.4 Å². The van der Waals surface area contributed by atoms with Gasteiger partial charge in [-0.1, -0.05) is 42.7 Å². The molecule has 30 heavy (non-hydrogen) atoms. The van der Waals surface area contributed by atoms with Crippen LogP contribution in [0, 0.1) is 0 Å². The minimum Gasteiger partial charge on any atom is -0.398 e. The van der Waals surface area contributed by atoms with Gasteiger partial charge in [-0.05, 0) is 54.5 Å². The molecule has 0 spiro atoms. The summed E-state index contributed by atoms with van der Waals surface area (Å²) in [6.07, 6.45) is 1.82. The maximum atomic E-state index is 12.7. The van der Waals surface area contributed by atoms with E-state index in [0.29, 0.717) is 0 Å². The number of nitrogen functional groups attached to an aromatic ring is 1. The van der Waals surface area contributed by atoms with Gasteiger partial charge < -0.3 is 5.73 Å². The Bertz CT molecular complexity index is 810. The lowest BCUT2D eigenvalue weighted by Crippen LogP contribution is -2.42. The van der Waals surface area contributed by atoms with Crippen molar-refractivity contribution in [2.24, 2.45) is 0 Å². The Morgan fingerprint density at radius 3 is 1.90 bits per heavy atom. The third-order valence-electron chi connectivity index (χ3n) is 4.98. The zero-order valence-electron chi connectivity index (χ0n) is 18.4. The average molecular weight is 435 g/mol. The fourth-order valence-electron chi connectivity index (χ4n) is 3.56. The van der Waals surface area contributed by atoms with Crippen LogP contribution in [0.25, 0.3) is 11.1 Å². The number of ether oxygens (including phenoxy) is 2. The minimum atomic E-state index is -1.78. The summed E-state index contributed by atoms with van der Waals surface area (Å²) in [7, 11) is 0.404. The van der Waals surface area contributed by atoms with Crippen molar-refractivity contribution in [2.75, 3.05) is 26.0 Å². The van der Waals surface area contributed by atoms with Gasteiger partial charge in [0.15, 0.2) is 0 Å². The summed E-state index contributed by atoms with van der Waals surface area (Å²) in [4.78, 5) is 18.2. The van der Waals surface area contributed by atoms with Gasteiger partial charge in [0.2, 0.25) is 0 Å². The van der Waals surface area contributed by atoms with Crippen molar-refractivity contribution >= 4 is 20.1 Å². The van der Waals surface area contributed by atoms with Gasteiger partial charge in [-0.3, -0.25) is 14.3 Å². The van der Waals surface area contributed by atoms with E-state index in [1.54, 1.807) is 13.8 Å². The van der Waals surface area contributed by atoms with Crippen molar-refractivity contribution in [3.05, 3.63) is 41.0 Å². The SMILES string of the molecule is CCOC(OCC)(ON(C)C(=O)Cc1ccc2c(CC)c(N)c(CC)c-2cc1)[PH+]=O. The van der Waals surface area contributed by atoms with Crippen molar-refractivity contribution in [2.45, 2.75) is 52.7 Å². The molecule has 1 unspecified atom stereocenters. The molecule has 2 rings (SSSR count). The predicted molar refractivity (Wildman–Crippen MR) is 119 cm³/mol. The Labute approximate surface area is 180 Å². The number of hydrogen-bond acceptors (Lipinski definition) is 6. The van der Waals surface area contributed by atoms with Gasteiger partial charge in [-0.25, -0.2) is 5.06 Å². The monoisotopic (exact) mass is 435 g/mol. The number of hydrogen-bond donors (Lipinski definition) is 1. The van der Waals surface area contributed by atoms with Crippen molar-refractivity contribution < 1.29 is 23.7 Å². The highest BCUT2D eigenvalue weighted by atomic mass is 31.1. The van der Waals surface area contributed by atoms with Gasteiger partial charge in [0.05, 0.1) is 19.6 Å². The van der Waals surface area contributed by atoms with Crippen LogP contribution in [0.15, 0.2) is 24.3 Å². The lowest BCUT2D eigenvalue weighted by atomic mass is 10.1. The molecule has 0 aromatic rings. The molecule has 2 aliphatic rings. The molecule has 0 aromatic carbocycles. The van der Waals surface area contributed by atoms with E-state index >= 15 is 0 Å². The third kappa shape index (κ3) is 5.16. The van der Waals surface area contributed by atoms with Crippen molar-refractivity contribution in [3.63, 3.8) is 0 Å². The molecule has 1 amide bonds. The summed E-state index contributed by atoms with van der Waals surface area (Å²) in [5, 5.41) is 1.02. The highest BCUT2D eigenvalue weighted by molar-refractivity contribution is 7.25. The Kier molecular flexibility index (Phi) is 8.74. The van der Waals surface area contributed by atoms with E-state index in [4.69, 9.17) is 20.0 Å². The van der Waals surface area contributed by atoms with Crippen LogP contribution in [0.1, 0.15) is 44.4 Å². The largest absolute Gasteiger partial charge is 0.516 e. The summed E-state index contributed by atoms with van der Waals surface area (Å²) in [5.41, 5.74) is 10.8. The number of hydroxylamine groups is 2. The predicted octanol–water partition coefficient (Wildman–Crippen LogP) is 4.14. The molecule has 0 heterocycles. The topological polar surface area (TPSA) is 91.1 Å². The molecule has 164 valence electrons. The molecule has 0 radical (unpaired) electrons. The smallest absolute Gasteiger partial charge is 0.398 e. The number of carbonyl (C=O) groups is 1.